The Hall–Kier alpha value is -4.07. The van der Waals surface area contributed by atoms with Crippen molar-refractivity contribution >= 4 is 51.4 Å². The van der Waals surface area contributed by atoms with Gasteiger partial charge in [-0.25, -0.2) is 19.2 Å². The number of carboxylic acids is 1. The lowest BCUT2D eigenvalue weighted by Gasteiger charge is -2.41. The van der Waals surface area contributed by atoms with E-state index in [-0.39, 0.29) is 62.4 Å². The van der Waals surface area contributed by atoms with Gasteiger partial charge in [0.1, 0.15) is 36.0 Å². The predicted molar refractivity (Wildman–Crippen MR) is 163 cm³/mol. The predicted octanol–water partition coefficient (Wildman–Crippen LogP) is 4.04. The van der Waals surface area contributed by atoms with Crippen LogP contribution in [0.5, 0.6) is 0 Å². The van der Waals surface area contributed by atoms with E-state index in [4.69, 9.17) is 25.5 Å². The average molecular weight is 642 g/mol. The second kappa shape index (κ2) is 12.7. The number of carbonyl (C=O) groups is 2. The zero-order chi connectivity index (χ0) is 31.7. The topological polar surface area (TPSA) is 151 Å². The number of hydrogen-bond acceptors (Lipinski definition) is 9. The second-order valence-corrected chi connectivity index (χ2v) is 11.9. The van der Waals surface area contributed by atoms with Crippen LogP contribution >= 0.6 is 11.6 Å². The van der Waals surface area contributed by atoms with E-state index in [1.807, 2.05) is 24.3 Å². The summed E-state index contributed by atoms with van der Waals surface area (Å²) in [7, 11) is 0. The van der Waals surface area contributed by atoms with E-state index in [1.165, 1.54) is 17.2 Å². The highest BCUT2D eigenvalue weighted by molar-refractivity contribution is 6.30. The molecule has 3 atom stereocenters. The molecule has 12 nitrogen and oxygen atoms in total. The van der Waals surface area contributed by atoms with Crippen molar-refractivity contribution in [3.05, 3.63) is 63.3 Å². The van der Waals surface area contributed by atoms with Crippen molar-refractivity contribution in [2.45, 2.75) is 44.5 Å². The summed E-state index contributed by atoms with van der Waals surface area (Å²) < 4.78 is 33.3. The van der Waals surface area contributed by atoms with Gasteiger partial charge >= 0.3 is 5.97 Å². The van der Waals surface area contributed by atoms with E-state index >= 15 is 4.39 Å². The molecule has 5 heterocycles. The Balaban J connectivity index is 1.04. The molecular weight excluding hydrogens is 609 g/mol. The number of likely N-dealkylation sites (tertiary alicyclic amines) is 1. The molecule has 14 heteroatoms. The van der Waals surface area contributed by atoms with Crippen LogP contribution in [0.1, 0.15) is 37.6 Å². The number of nitrogens with zero attached hydrogens (tertiary/aromatic N) is 4. The fourth-order valence-corrected chi connectivity index (χ4v) is 6.36. The highest BCUT2D eigenvalue weighted by atomic mass is 35.5. The summed E-state index contributed by atoms with van der Waals surface area (Å²) in [5.41, 5.74) is -0.811. The maximum atomic E-state index is 15.9. The number of ether oxygens (including phenoxy) is 2. The molecule has 4 aromatic rings. The monoisotopic (exact) mass is 641 g/mol. The molecule has 0 aliphatic carbocycles. The minimum absolute atomic E-state index is 0.0265. The van der Waals surface area contributed by atoms with Gasteiger partial charge in [-0.2, -0.15) is 0 Å². The number of aromatic nitrogens is 3. The number of aliphatic carboxylic acids is 1. The van der Waals surface area contributed by atoms with Gasteiger partial charge in [-0.3, -0.25) is 9.59 Å². The Kier molecular flexibility index (Phi) is 8.76. The molecule has 2 fully saturated rings. The maximum Gasteiger partial charge on any atom is 0.326 e. The maximum absolute atomic E-state index is 15.9. The third-order valence-corrected chi connectivity index (χ3v) is 8.79. The van der Waals surface area contributed by atoms with Crippen LogP contribution in [-0.4, -0.2) is 82.3 Å². The molecular formula is C31H33ClFN5O7. The van der Waals surface area contributed by atoms with Crippen molar-refractivity contribution < 1.29 is 33.0 Å². The number of alkyl halides is 1. The van der Waals surface area contributed by atoms with Crippen molar-refractivity contribution in [1.29, 1.82) is 0 Å². The number of pyridine rings is 1. The van der Waals surface area contributed by atoms with Gasteiger partial charge in [0.2, 0.25) is 5.91 Å². The molecule has 0 unspecified atom stereocenters. The van der Waals surface area contributed by atoms with Crippen molar-refractivity contribution in [3.63, 3.8) is 0 Å². The lowest BCUT2D eigenvalue weighted by molar-refractivity contribution is -0.142. The molecule has 1 aromatic carbocycles. The summed E-state index contributed by atoms with van der Waals surface area (Å²) in [6.07, 6.45) is 2.51. The summed E-state index contributed by atoms with van der Waals surface area (Å²) >= 11 is 5.98. The van der Waals surface area contributed by atoms with Gasteiger partial charge in [0, 0.05) is 43.6 Å². The van der Waals surface area contributed by atoms with E-state index in [1.54, 1.807) is 11.8 Å². The number of piperidine rings is 1. The summed E-state index contributed by atoms with van der Waals surface area (Å²) in [5.74, 6) is -1.03. The SMILES string of the molecule is C[C@H]1CN(C(=O)COCCOCc2nc(N3CCC[C@H]3C(=O)O)c3oc4ccccc4c3n2)CC[C@]1(F)c1cc(Cl)c[nH]c1=O. The smallest absolute Gasteiger partial charge is 0.326 e. The normalized spacial score (nSPS) is 22.0. The average Bonchev–Trinajstić information content (AvgIpc) is 3.67. The number of aromatic amines is 1. The number of nitrogens with one attached hydrogen (secondary N) is 1. The first-order valence-electron chi connectivity index (χ1n) is 14.8. The summed E-state index contributed by atoms with van der Waals surface area (Å²) in [4.78, 5) is 52.0. The van der Waals surface area contributed by atoms with Gasteiger partial charge in [0.15, 0.2) is 17.2 Å². The fourth-order valence-electron chi connectivity index (χ4n) is 6.19. The Morgan fingerprint density at radius 2 is 2.02 bits per heavy atom. The third kappa shape index (κ3) is 6.11. The number of amides is 1. The minimum Gasteiger partial charge on any atom is -0.480 e. The molecule has 0 radical (unpaired) electrons. The first-order chi connectivity index (χ1) is 21.7. The molecule has 6 rings (SSSR count). The number of para-hydroxylation sites is 1. The van der Waals surface area contributed by atoms with Gasteiger partial charge in [0.05, 0.1) is 23.8 Å². The summed E-state index contributed by atoms with van der Waals surface area (Å²) in [6, 6.07) is 8.08. The fraction of sp³-hybridized carbons (Fsp3) is 0.452. The number of rotatable bonds is 10. The summed E-state index contributed by atoms with van der Waals surface area (Å²) in [5, 5.41) is 10.8. The van der Waals surface area contributed by atoms with Gasteiger partial charge < -0.3 is 33.8 Å². The standard InChI is InChI=1S/C31H33ClFN5O7/c1-18-15-37(10-8-31(18,33)21-13-19(32)14-34-29(21)40)25(39)17-44-12-11-43-16-24-35-26-20-5-2-3-7-23(20)45-27(26)28(36-24)38-9-4-6-22(38)30(41)42/h2-3,5,7,13-14,18,22H,4,6,8-12,15-17H2,1H3,(H,34,40)(H,41,42)/t18-,22-,31+/m0/s1. The van der Waals surface area contributed by atoms with Crippen LogP contribution in [0.3, 0.4) is 0 Å². The molecule has 0 bridgehead atoms. The van der Waals surface area contributed by atoms with E-state index in [0.717, 1.165) is 11.8 Å². The molecule has 2 aliphatic heterocycles. The minimum atomic E-state index is -1.90. The molecule has 3 aromatic heterocycles. The molecule has 2 saturated heterocycles. The van der Waals surface area contributed by atoms with Crippen molar-refractivity contribution in [2.75, 3.05) is 44.4 Å². The highest BCUT2D eigenvalue weighted by Gasteiger charge is 2.45. The number of furan rings is 1. The molecule has 0 saturated carbocycles. The van der Waals surface area contributed by atoms with Crippen LogP contribution < -0.4 is 10.5 Å². The first kappa shape index (κ1) is 30.9. The first-order valence-corrected chi connectivity index (χ1v) is 15.2. The van der Waals surface area contributed by atoms with Gasteiger partial charge in [0.25, 0.3) is 5.56 Å². The van der Waals surface area contributed by atoms with Crippen LogP contribution in [0.15, 0.2) is 45.7 Å². The number of carbonyl (C=O) groups excluding carboxylic acids is 1. The number of H-pyrrole nitrogens is 1. The van der Waals surface area contributed by atoms with Crippen molar-refractivity contribution in [1.82, 2.24) is 19.9 Å². The Bertz CT molecular complexity index is 1800. The van der Waals surface area contributed by atoms with Gasteiger partial charge in [-0.05, 0) is 31.0 Å². The van der Waals surface area contributed by atoms with Gasteiger partial charge in [-0.15, -0.1) is 0 Å². The Morgan fingerprint density at radius 3 is 2.82 bits per heavy atom. The third-order valence-electron chi connectivity index (χ3n) is 8.58. The number of anilines is 1. The molecule has 1 amide bonds. The number of benzene rings is 1. The molecule has 45 heavy (non-hydrogen) atoms. The number of carboxylic acid groups (broad SMARTS) is 1. The lowest BCUT2D eigenvalue weighted by atomic mass is 9.79. The Labute approximate surface area is 262 Å². The zero-order valence-corrected chi connectivity index (χ0v) is 25.4. The van der Waals surface area contributed by atoms with Gasteiger partial charge in [-0.1, -0.05) is 30.7 Å². The summed E-state index contributed by atoms with van der Waals surface area (Å²) in [6.45, 7) is 2.57. The van der Waals surface area contributed by atoms with E-state index in [0.29, 0.717) is 41.3 Å². The van der Waals surface area contributed by atoms with Crippen molar-refractivity contribution in [3.8, 4) is 0 Å². The van der Waals surface area contributed by atoms with E-state index < -0.39 is 29.2 Å². The second-order valence-electron chi connectivity index (χ2n) is 11.4. The Morgan fingerprint density at radius 1 is 1.22 bits per heavy atom. The number of fused-ring (bicyclic) bond motifs is 3. The van der Waals surface area contributed by atoms with Crippen LogP contribution in [0.4, 0.5) is 10.2 Å². The largest absolute Gasteiger partial charge is 0.480 e. The van der Waals surface area contributed by atoms with Crippen LogP contribution in [-0.2, 0) is 31.3 Å². The molecule has 0 spiro atoms. The molecule has 2 aliphatic rings. The van der Waals surface area contributed by atoms with E-state index in [2.05, 4.69) is 15.0 Å². The lowest BCUT2D eigenvalue weighted by Crippen LogP contribution is -2.51. The molecule has 238 valence electrons. The quantitative estimate of drug-likeness (QED) is 0.243. The van der Waals surface area contributed by atoms with E-state index in [9.17, 15) is 19.5 Å². The van der Waals surface area contributed by atoms with Crippen molar-refractivity contribution in [2.24, 2.45) is 5.92 Å². The highest BCUT2D eigenvalue weighted by Crippen LogP contribution is 2.40. The van der Waals surface area contributed by atoms with Crippen LogP contribution in [0.2, 0.25) is 5.02 Å². The number of halogens is 2. The molecule has 2 N–H and O–H groups in total. The van der Waals surface area contributed by atoms with Crippen LogP contribution in [0, 0.1) is 5.92 Å². The zero-order valence-electron chi connectivity index (χ0n) is 24.6. The number of hydrogen-bond donors (Lipinski definition) is 2. The van der Waals surface area contributed by atoms with Crippen LogP contribution in [0.25, 0.3) is 22.1 Å².